The maximum atomic E-state index is 12.0. The number of nitrogens with zero attached hydrogens (tertiary/aromatic N) is 2. The van der Waals surface area contributed by atoms with Crippen molar-refractivity contribution < 1.29 is 6.16 Å². The van der Waals surface area contributed by atoms with Gasteiger partial charge in [-0.15, -0.1) is 6.58 Å². The van der Waals surface area contributed by atoms with Gasteiger partial charge in [-0.1, -0.05) is 48.6 Å². The van der Waals surface area contributed by atoms with Gasteiger partial charge in [-0.25, -0.2) is 4.98 Å². The SMILES string of the molecule is C=CCC1=C(C)C=CCC=C1OCc1cc(=O)[nH]c(/N=C(\N)c2ccccc2)n1.[HH]. The Morgan fingerprint density at radius 3 is 2.97 bits per heavy atom. The zero-order valence-corrected chi connectivity index (χ0v) is 16.4. The highest BCUT2D eigenvalue weighted by molar-refractivity contribution is 5.98. The van der Waals surface area contributed by atoms with Crippen LogP contribution in [0.4, 0.5) is 5.95 Å². The lowest BCUT2D eigenvalue weighted by molar-refractivity contribution is 0.201. The van der Waals surface area contributed by atoms with E-state index in [2.05, 4.69) is 33.7 Å². The molecule has 1 aromatic carbocycles. The van der Waals surface area contributed by atoms with Crippen LogP contribution >= 0.6 is 0 Å². The number of hydrogen-bond donors (Lipinski definition) is 2. The molecule has 0 aliphatic heterocycles. The van der Waals surface area contributed by atoms with Crippen molar-refractivity contribution in [2.24, 2.45) is 10.7 Å². The molecule has 0 atom stereocenters. The first-order chi connectivity index (χ1) is 14.1. The highest BCUT2D eigenvalue weighted by atomic mass is 16.5. The molecule has 1 aliphatic carbocycles. The van der Waals surface area contributed by atoms with Crippen molar-refractivity contribution in [1.82, 2.24) is 9.97 Å². The minimum Gasteiger partial charge on any atom is -0.487 e. The lowest BCUT2D eigenvalue weighted by Crippen LogP contribution is -2.15. The first-order valence-corrected chi connectivity index (χ1v) is 9.37. The zero-order chi connectivity index (χ0) is 20.6. The molecule has 0 bridgehead atoms. The Bertz CT molecular complexity index is 1070. The van der Waals surface area contributed by atoms with Crippen LogP contribution in [0.3, 0.4) is 0 Å². The minimum absolute atomic E-state index is 0. The summed E-state index contributed by atoms with van der Waals surface area (Å²) >= 11 is 0. The average molecular weight is 390 g/mol. The van der Waals surface area contributed by atoms with Crippen LogP contribution in [-0.4, -0.2) is 15.8 Å². The van der Waals surface area contributed by atoms with Crippen molar-refractivity contribution in [2.45, 2.75) is 26.4 Å². The van der Waals surface area contributed by atoms with Gasteiger partial charge >= 0.3 is 0 Å². The van der Waals surface area contributed by atoms with Crippen molar-refractivity contribution >= 4 is 11.8 Å². The molecule has 3 rings (SSSR count). The summed E-state index contributed by atoms with van der Waals surface area (Å²) in [4.78, 5) is 23.3. The third-order valence-corrected chi connectivity index (χ3v) is 4.38. The Balaban J connectivity index is 0.00000320. The van der Waals surface area contributed by atoms with Gasteiger partial charge < -0.3 is 10.5 Å². The molecule has 0 spiro atoms. The number of amidine groups is 1. The Morgan fingerprint density at radius 2 is 2.21 bits per heavy atom. The lowest BCUT2D eigenvalue weighted by atomic mass is 10.0. The zero-order valence-electron chi connectivity index (χ0n) is 16.4. The predicted molar refractivity (Wildman–Crippen MR) is 118 cm³/mol. The molecule has 150 valence electrons. The summed E-state index contributed by atoms with van der Waals surface area (Å²) < 4.78 is 6.00. The summed E-state index contributed by atoms with van der Waals surface area (Å²) in [5.41, 5.74) is 9.15. The number of aromatic amines is 1. The highest BCUT2D eigenvalue weighted by Crippen LogP contribution is 2.25. The molecule has 2 aromatic rings. The molecule has 1 heterocycles. The van der Waals surface area contributed by atoms with Crippen molar-refractivity contribution in [3.8, 4) is 0 Å². The summed E-state index contributed by atoms with van der Waals surface area (Å²) in [5, 5.41) is 0. The minimum atomic E-state index is -0.312. The van der Waals surface area contributed by atoms with Gasteiger partial charge in [0.1, 0.15) is 18.2 Å². The number of nitrogens with one attached hydrogen (secondary N) is 1. The maximum absolute atomic E-state index is 12.0. The number of allylic oxidation sites excluding steroid dienone is 6. The van der Waals surface area contributed by atoms with Crippen LogP contribution in [-0.2, 0) is 11.3 Å². The first kappa shape index (κ1) is 20.1. The Morgan fingerprint density at radius 1 is 1.41 bits per heavy atom. The van der Waals surface area contributed by atoms with E-state index in [-0.39, 0.29) is 25.4 Å². The Hall–Kier alpha value is -3.67. The van der Waals surface area contributed by atoms with E-state index in [0.29, 0.717) is 12.1 Å². The van der Waals surface area contributed by atoms with E-state index in [9.17, 15) is 4.79 Å². The third kappa shape index (κ3) is 5.42. The number of benzene rings is 1. The van der Waals surface area contributed by atoms with E-state index in [1.165, 1.54) is 6.07 Å². The number of nitrogens with two attached hydrogens (primary N) is 1. The average Bonchev–Trinajstić information content (AvgIpc) is 2.88. The summed E-state index contributed by atoms with van der Waals surface area (Å²) in [6, 6.07) is 10.7. The molecule has 6 nitrogen and oxygen atoms in total. The van der Waals surface area contributed by atoms with Crippen LogP contribution in [0.15, 0.2) is 94.0 Å². The topological polar surface area (TPSA) is 93.4 Å². The number of aliphatic imine (C=N–C) groups is 1. The van der Waals surface area contributed by atoms with Gasteiger partial charge in [0.05, 0.1) is 5.69 Å². The molecule has 6 heteroatoms. The predicted octanol–water partition coefficient (Wildman–Crippen LogP) is 4.31. The second kappa shape index (κ2) is 9.50. The number of hydrogen-bond acceptors (Lipinski definition) is 4. The Kier molecular flexibility index (Phi) is 6.58. The molecular formula is C23H26N4O2. The van der Waals surface area contributed by atoms with Gasteiger partial charge in [0.25, 0.3) is 5.56 Å². The van der Waals surface area contributed by atoms with Crippen molar-refractivity contribution in [2.75, 3.05) is 0 Å². The number of ether oxygens (including phenoxy) is 1. The van der Waals surface area contributed by atoms with Crippen LogP contribution in [0.2, 0.25) is 0 Å². The van der Waals surface area contributed by atoms with Crippen molar-refractivity contribution in [1.29, 1.82) is 0 Å². The van der Waals surface area contributed by atoms with Gasteiger partial charge in [0.2, 0.25) is 5.95 Å². The van der Waals surface area contributed by atoms with Crippen LogP contribution in [0, 0.1) is 0 Å². The molecule has 0 saturated carbocycles. The second-order valence-electron chi connectivity index (χ2n) is 6.57. The number of H-pyrrole nitrogens is 1. The fraction of sp³-hybridized carbons (Fsp3) is 0.174. The molecule has 0 saturated heterocycles. The molecule has 0 radical (unpaired) electrons. The largest absolute Gasteiger partial charge is 0.487 e. The number of aromatic nitrogens is 2. The van der Waals surface area contributed by atoms with Crippen LogP contribution in [0.25, 0.3) is 0 Å². The van der Waals surface area contributed by atoms with Gasteiger partial charge in [0.15, 0.2) is 0 Å². The molecule has 0 unspecified atom stereocenters. The van der Waals surface area contributed by atoms with E-state index < -0.39 is 0 Å². The van der Waals surface area contributed by atoms with Crippen LogP contribution in [0.5, 0.6) is 0 Å². The standard InChI is InChI=1S/C23H24N4O2.H2/c1-3-9-19-16(2)10-7-8-13-20(19)29-15-18-14-21(28)26-23(25-18)27-22(24)17-11-5-4-6-12-17;/h3-7,10-14H,1,8-9,15H2,2H3,(H3,24,25,26,27,28);1H. The van der Waals surface area contributed by atoms with Gasteiger partial charge in [0, 0.05) is 18.6 Å². The second-order valence-corrected chi connectivity index (χ2v) is 6.57. The molecule has 29 heavy (non-hydrogen) atoms. The normalized spacial score (nSPS) is 14.4. The van der Waals surface area contributed by atoms with E-state index in [1.807, 2.05) is 49.4 Å². The summed E-state index contributed by atoms with van der Waals surface area (Å²) in [6.45, 7) is 6.02. The lowest BCUT2D eigenvalue weighted by Gasteiger charge is -2.14. The molecule has 3 N–H and O–H groups in total. The summed E-state index contributed by atoms with van der Waals surface area (Å²) in [7, 11) is 0. The molecule has 1 aliphatic rings. The van der Waals surface area contributed by atoms with Crippen molar-refractivity contribution in [3.05, 3.63) is 106 Å². The van der Waals surface area contributed by atoms with Crippen LogP contribution < -0.4 is 11.3 Å². The smallest absolute Gasteiger partial charge is 0.252 e. The maximum Gasteiger partial charge on any atom is 0.252 e. The fourth-order valence-corrected chi connectivity index (χ4v) is 2.95. The van der Waals surface area contributed by atoms with E-state index in [4.69, 9.17) is 10.5 Å². The third-order valence-electron chi connectivity index (χ3n) is 4.38. The fourth-order valence-electron chi connectivity index (χ4n) is 2.95. The summed E-state index contributed by atoms with van der Waals surface area (Å²) in [5.74, 6) is 1.20. The van der Waals surface area contributed by atoms with E-state index >= 15 is 0 Å². The molecule has 0 amide bonds. The Labute approximate surface area is 171 Å². The molecular weight excluding hydrogens is 364 g/mol. The van der Waals surface area contributed by atoms with Crippen molar-refractivity contribution in [3.63, 3.8) is 0 Å². The monoisotopic (exact) mass is 390 g/mol. The molecule has 1 aromatic heterocycles. The van der Waals surface area contributed by atoms with Crippen LogP contribution in [0.1, 0.15) is 32.4 Å². The van der Waals surface area contributed by atoms with Gasteiger partial charge in [-0.2, -0.15) is 4.99 Å². The van der Waals surface area contributed by atoms with Gasteiger partial charge in [-0.05, 0) is 31.4 Å². The highest BCUT2D eigenvalue weighted by Gasteiger charge is 2.11. The van der Waals surface area contributed by atoms with Gasteiger partial charge in [-0.3, -0.25) is 9.78 Å². The first-order valence-electron chi connectivity index (χ1n) is 9.37. The number of rotatable bonds is 7. The van der Waals surface area contributed by atoms with E-state index in [1.54, 1.807) is 0 Å². The van der Waals surface area contributed by atoms with E-state index in [0.717, 1.165) is 28.9 Å². The quantitative estimate of drug-likeness (QED) is 0.419. The summed E-state index contributed by atoms with van der Waals surface area (Å²) in [6.07, 6.45) is 9.51. The molecule has 0 fully saturated rings.